The molecule has 116 valence electrons. The van der Waals surface area contributed by atoms with Gasteiger partial charge in [0.2, 0.25) is 0 Å². The maximum atomic E-state index is 12.3. The Morgan fingerprint density at radius 2 is 2.00 bits per heavy atom. The van der Waals surface area contributed by atoms with Crippen LogP contribution < -0.4 is 10.1 Å². The van der Waals surface area contributed by atoms with E-state index in [-0.39, 0.29) is 6.03 Å². The molecule has 2 aromatic rings. The van der Waals surface area contributed by atoms with Crippen molar-refractivity contribution in [2.75, 3.05) is 19.0 Å². The van der Waals surface area contributed by atoms with Crippen LogP contribution >= 0.6 is 15.9 Å². The van der Waals surface area contributed by atoms with E-state index < -0.39 is 0 Å². The molecule has 2 aromatic carbocycles. The second-order valence-corrected chi connectivity index (χ2v) is 5.69. The SMILES string of the molecule is CCOc1cccc(NC(=O)N(C)Cc2ccccc2Br)c1. The smallest absolute Gasteiger partial charge is 0.321 e. The first kappa shape index (κ1) is 16.4. The number of halogens is 1. The highest BCUT2D eigenvalue weighted by atomic mass is 79.9. The number of hydrogen-bond acceptors (Lipinski definition) is 2. The van der Waals surface area contributed by atoms with E-state index >= 15 is 0 Å². The molecule has 0 aliphatic carbocycles. The van der Waals surface area contributed by atoms with E-state index in [0.717, 1.165) is 21.5 Å². The fourth-order valence-corrected chi connectivity index (χ4v) is 2.41. The van der Waals surface area contributed by atoms with Crippen molar-refractivity contribution in [3.63, 3.8) is 0 Å². The molecule has 0 aliphatic heterocycles. The van der Waals surface area contributed by atoms with Gasteiger partial charge in [0.05, 0.1) is 6.61 Å². The molecule has 0 atom stereocenters. The van der Waals surface area contributed by atoms with Crippen molar-refractivity contribution in [3.8, 4) is 5.75 Å². The van der Waals surface area contributed by atoms with Crippen LogP contribution in [0.25, 0.3) is 0 Å². The minimum absolute atomic E-state index is 0.163. The number of anilines is 1. The van der Waals surface area contributed by atoms with Crippen LogP contribution in [-0.4, -0.2) is 24.6 Å². The quantitative estimate of drug-likeness (QED) is 0.849. The summed E-state index contributed by atoms with van der Waals surface area (Å²) in [5.41, 5.74) is 1.78. The predicted octanol–water partition coefficient (Wildman–Crippen LogP) is 4.51. The van der Waals surface area contributed by atoms with Gasteiger partial charge < -0.3 is 15.0 Å². The molecule has 4 nitrogen and oxygen atoms in total. The number of ether oxygens (including phenoxy) is 1. The summed E-state index contributed by atoms with van der Waals surface area (Å²) in [5.74, 6) is 0.744. The van der Waals surface area contributed by atoms with Crippen LogP contribution in [0.3, 0.4) is 0 Å². The first-order chi connectivity index (χ1) is 10.6. The van der Waals surface area contributed by atoms with Crippen molar-refractivity contribution in [1.82, 2.24) is 4.90 Å². The summed E-state index contributed by atoms with van der Waals surface area (Å²) < 4.78 is 6.42. The zero-order valence-corrected chi connectivity index (χ0v) is 14.3. The molecule has 2 rings (SSSR count). The monoisotopic (exact) mass is 362 g/mol. The lowest BCUT2D eigenvalue weighted by Crippen LogP contribution is -2.30. The lowest BCUT2D eigenvalue weighted by molar-refractivity contribution is 0.220. The number of carbonyl (C=O) groups excluding carboxylic acids is 1. The number of nitrogens with zero attached hydrogens (tertiary/aromatic N) is 1. The number of hydrogen-bond donors (Lipinski definition) is 1. The summed E-state index contributed by atoms with van der Waals surface area (Å²) in [7, 11) is 1.77. The Hall–Kier alpha value is -2.01. The lowest BCUT2D eigenvalue weighted by Gasteiger charge is -2.19. The van der Waals surface area contributed by atoms with E-state index in [4.69, 9.17) is 4.74 Å². The molecule has 0 spiro atoms. The van der Waals surface area contributed by atoms with Gasteiger partial charge in [0, 0.05) is 29.8 Å². The summed E-state index contributed by atoms with van der Waals surface area (Å²) in [5, 5.41) is 2.87. The fourth-order valence-electron chi connectivity index (χ4n) is 2.00. The number of amides is 2. The van der Waals surface area contributed by atoms with Crippen LogP contribution in [0.15, 0.2) is 53.0 Å². The van der Waals surface area contributed by atoms with E-state index in [9.17, 15) is 4.79 Å². The maximum absolute atomic E-state index is 12.3. The van der Waals surface area contributed by atoms with Crippen molar-refractivity contribution in [2.24, 2.45) is 0 Å². The Balaban J connectivity index is 1.99. The van der Waals surface area contributed by atoms with Crippen LogP contribution in [0.4, 0.5) is 10.5 Å². The molecule has 5 heteroatoms. The van der Waals surface area contributed by atoms with Crippen molar-refractivity contribution in [3.05, 3.63) is 58.6 Å². The number of benzene rings is 2. The van der Waals surface area contributed by atoms with Gasteiger partial charge in [-0.1, -0.05) is 40.2 Å². The normalized spacial score (nSPS) is 10.1. The van der Waals surface area contributed by atoms with Crippen molar-refractivity contribution < 1.29 is 9.53 Å². The van der Waals surface area contributed by atoms with Crippen LogP contribution in [-0.2, 0) is 6.54 Å². The highest BCUT2D eigenvalue weighted by Crippen LogP contribution is 2.19. The highest BCUT2D eigenvalue weighted by molar-refractivity contribution is 9.10. The average Bonchev–Trinajstić information content (AvgIpc) is 2.50. The third-order valence-corrected chi connectivity index (χ3v) is 3.88. The van der Waals surface area contributed by atoms with Crippen LogP contribution in [0, 0.1) is 0 Å². The molecule has 22 heavy (non-hydrogen) atoms. The molecule has 0 aliphatic rings. The molecule has 0 bridgehead atoms. The number of carbonyl (C=O) groups is 1. The second-order valence-electron chi connectivity index (χ2n) is 4.84. The fraction of sp³-hybridized carbons (Fsp3) is 0.235. The standard InChI is InChI=1S/C17H19BrN2O2/c1-3-22-15-9-6-8-14(11-15)19-17(21)20(2)12-13-7-4-5-10-16(13)18/h4-11H,3,12H2,1-2H3,(H,19,21). The molecule has 2 amide bonds. The summed E-state index contributed by atoms with van der Waals surface area (Å²) in [4.78, 5) is 13.9. The van der Waals surface area contributed by atoms with Gasteiger partial charge in [-0.2, -0.15) is 0 Å². The third-order valence-electron chi connectivity index (χ3n) is 3.11. The average molecular weight is 363 g/mol. The zero-order valence-electron chi connectivity index (χ0n) is 12.7. The topological polar surface area (TPSA) is 41.6 Å². The van der Waals surface area contributed by atoms with Gasteiger partial charge >= 0.3 is 6.03 Å². The zero-order chi connectivity index (χ0) is 15.9. The van der Waals surface area contributed by atoms with Crippen LogP contribution in [0.1, 0.15) is 12.5 Å². The van der Waals surface area contributed by atoms with Gasteiger partial charge in [-0.15, -0.1) is 0 Å². The van der Waals surface area contributed by atoms with Crippen molar-refractivity contribution in [2.45, 2.75) is 13.5 Å². The first-order valence-corrected chi connectivity index (χ1v) is 7.88. The van der Waals surface area contributed by atoms with Gasteiger partial charge in [0.25, 0.3) is 0 Å². The lowest BCUT2D eigenvalue weighted by atomic mass is 10.2. The van der Waals surface area contributed by atoms with E-state index in [1.165, 1.54) is 0 Å². The molecular weight excluding hydrogens is 344 g/mol. The van der Waals surface area contributed by atoms with E-state index in [1.54, 1.807) is 11.9 Å². The molecule has 0 fully saturated rings. The van der Waals surface area contributed by atoms with Crippen molar-refractivity contribution in [1.29, 1.82) is 0 Å². The van der Waals surface area contributed by atoms with Gasteiger partial charge in [0.15, 0.2) is 0 Å². The largest absolute Gasteiger partial charge is 0.494 e. The summed E-state index contributed by atoms with van der Waals surface area (Å²) in [6.45, 7) is 3.05. The molecule has 0 radical (unpaired) electrons. The van der Waals surface area contributed by atoms with Crippen LogP contribution in [0.5, 0.6) is 5.75 Å². The first-order valence-electron chi connectivity index (χ1n) is 7.08. The molecular formula is C17H19BrN2O2. The highest BCUT2D eigenvalue weighted by Gasteiger charge is 2.11. The molecule has 1 N–H and O–H groups in total. The summed E-state index contributed by atoms with van der Waals surface area (Å²) in [6.07, 6.45) is 0. The molecule has 0 heterocycles. The molecule has 0 saturated carbocycles. The number of nitrogens with one attached hydrogen (secondary N) is 1. The maximum Gasteiger partial charge on any atom is 0.321 e. The Morgan fingerprint density at radius 1 is 1.23 bits per heavy atom. The van der Waals surface area contributed by atoms with E-state index in [1.807, 2.05) is 55.5 Å². The number of rotatable bonds is 5. The second kappa shape index (κ2) is 7.84. The molecule has 0 aromatic heterocycles. The predicted molar refractivity (Wildman–Crippen MR) is 92.2 cm³/mol. The number of urea groups is 1. The Labute approximate surface area is 139 Å². The summed E-state index contributed by atoms with van der Waals surface area (Å²) in [6, 6.07) is 15.1. The van der Waals surface area contributed by atoms with E-state index in [2.05, 4.69) is 21.2 Å². The Bertz CT molecular complexity index is 646. The third kappa shape index (κ3) is 4.49. The minimum Gasteiger partial charge on any atom is -0.494 e. The van der Waals surface area contributed by atoms with Gasteiger partial charge in [0.1, 0.15) is 5.75 Å². The Morgan fingerprint density at radius 3 is 2.73 bits per heavy atom. The van der Waals surface area contributed by atoms with Gasteiger partial charge in [-0.05, 0) is 30.7 Å². The van der Waals surface area contributed by atoms with Gasteiger partial charge in [-0.3, -0.25) is 0 Å². The van der Waals surface area contributed by atoms with Crippen molar-refractivity contribution >= 4 is 27.6 Å². The van der Waals surface area contributed by atoms with Gasteiger partial charge in [-0.25, -0.2) is 4.79 Å². The van der Waals surface area contributed by atoms with E-state index in [0.29, 0.717) is 13.2 Å². The molecule has 0 unspecified atom stereocenters. The Kier molecular flexibility index (Phi) is 5.83. The molecule has 0 saturated heterocycles. The minimum atomic E-state index is -0.163. The van der Waals surface area contributed by atoms with Crippen LogP contribution in [0.2, 0.25) is 0 Å². The summed E-state index contributed by atoms with van der Waals surface area (Å²) >= 11 is 3.49.